The van der Waals surface area contributed by atoms with E-state index in [0.717, 1.165) is 29.3 Å². The van der Waals surface area contributed by atoms with E-state index in [4.69, 9.17) is 14.5 Å². The first-order chi connectivity index (χ1) is 20.6. The summed E-state index contributed by atoms with van der Waals surface area (Å²) in [4.78, 5) is 58.4. The van der Waals surface area contributed by atoms with E-state index in [1.165, 1.54) is 5.01 Å². The molecular formula is C32H41N5O6. The van der Waals surface area contributed by atoms with Crippen molar-refractivity contribution in [2.24, 2.45) is 5.92 Å². The number of benzene rings is 1. The highest BCUT2D eigenvalue weighted by Gasteiger charge is 2.43. The predicted molar refractivity (Wildman–Crippen MR) is 160 cm³/mol. The molecule has 3 aliphatic heterocycles. The Morgan fingerprint density at radius 3 is 2.49 bits per heavy atom. The van der Waals surface area contributed by atoms with Gasteiger partial charge in [0.05, 0.1) is 17.3 Å². The molecule has 5 atom stereocenters. The van der Waals surface area contributed by atoms with E-state index in [9.17, 15) is 19.2 Å². The molecule has 1 aromatic heterocycles. The number of rotatable bonds is 1. The van der Waals surface area contributed by atoms with E-state index < -0.39 is 35.7 Å². The number of hydrazine groups is 1. The Bertz CT molecular complexity index is 1420. The van der Waals surface area contributed by atoms with Crippen molar-refractivity contribution in [3.8, 4) is 0 Å². The molecule has 230 valence electrons. The zero-order valence-corrected chi connectivity index (χ0v) is 25.2. The molecule has 0 saturated carbocycles. The van der Waals surface area contributed by atoms with Crippen molar-refractivity contribution in [3.05, 3.63) is 47.7 Å². The standard InChI is InChI=1S/C32H41N5O6/c1-19(2)27-29(39)34-21(4)30(40)37-16-7-8-25(36-37)28(38)33-20(3)24-12-11-23-10-9-22(18-26(23)35-24)13-15-32(31(41)43-27)14-5-6-17-42-32/h9-13,15,18-21,25,27,36H,5-8,14,16-17H2,1-4H3,(H,33,38)(H,34,39)/b15-13-/t20-,21+,25+,27+,32?/m1/s1. The molecular weight excluding hydrogens is 550 g/mol. The maximum absolute atomic E-state index is 13.7. The minimum absolute atomic E-state index is 0.240. The van der Waals surface area contributed by atoms with Gasteiger partial charge in [-0.3, -0.25) is 24.4 Å². The average Bonchev–Trinajstić information content (AvgIpc) is 3.01. The second kappa shape index (κ2) is 12.8. The number of nitrogens with one attached hydrogen (secondary N) is 3. The maximum atomic E-state index is 13.7. The van der Waals surface area contributed by atoms with Gasteiger partial charge in [-0.1, -0.05) is 38.1 Å². The van der Waals surface area contributed by atoms with Crippen LogP contribution >= 0.6 is 0 Å². The summed E-state index contributed by atoms with van der Waals surface area (Å²) in [5.41, 5.74) is 3.94. The van der Waals surface area contributed by atoms with Crippen molar-refractivity contribution in [1.29, 1.82) is 0 Å². The molecule has 5 rings (SSSR count). The lowest BCUT2D eigenvalue weighted by atomic mass is 9.92. The van der Waals surface area contributed by atoms with Crippen molar-refractivity contribution in [2.75, 3.05) is 13.2 Å². The van der Waals surface area contributed by atoms with Gasteiger partial charge in [-0.15, -0.1) is 0 Å². The summed E-state index contributed by atoms with van der Waals surface area (Å²) in [6, 6.07) is 7.75. The van der Waals surface area contributed by atoms with Crippen molar-refractivity contribution in [2.45, 2.75) is 89.6 Å². The summed E-state index contributed by atoms with van der Waals surface area (Å²) in [5, 5.41) is 8.06. The lowest BCUT2D eigenvalue weighted by Crippen LogP contribution is -2.61. The minimum atomic E-state index is -1.35. The first kappa shape index (κ1) is 30.6. The third kappa shape index (κ3) is 6.73. The SMILES string of the molecule is CC(C)[C@@H]1OC(=O)C2(/C=C\c3ccc4ccc(nc4c3)[C@@H](C)NC(=O)[C@@H]3CCCN(N3)C(=O)[C@H](C)NC1=O)CCCCO2. The molecule has 1 unspecified atom stereocenters. The first-order valence-electron chi connectivity index (χ1n) is 15.2. The highest BCUT2D eigenvalue weighted by atomic mass is 16.6. The van der Waals surface area contributed by atoms with E-state index in [2.05, 4.69) is 16.1 Å². The summed E-state index contributed by atoms with van der Waals surface area (Å²) in [5.74, 6) is -2.19. The maximum Gasteiger partial charge on any atom is 0.343 e. The number of carbonyl (C=O) groups is 4. The number of hydrogen-bond donors (Lipinski definition) is 3. The smallest absolute Gasteiger partial charge is 0.343 e. The molecule has 11 heteroatoms. The van der Waals surface area contributed by atoms with E-state index in [0.29, 0.717) is 38.1 Å². The largest absolute Gasteiger partial charge is 0.450 e. The minimum Gasteiger partial charge on any atom is -0.450 e. The van der Waals surface area contributed by atoms with Crippen molar-refractivity contribution in [1.82, 2.24) is 26.1 Å². The number of amides is 3. The van der Waals surface area contributed by atoms with Gasteiger partial charge < -0.3 is 20.1 Å². The van der Waals surface area contributed by atoms with E-state index in [-0.39, 0.29) is 23.8 Å². The molecule has 4 heterocycles. The van der Waals surface area contributed by atoms with E-state index in [1.54, 1.807) is 26.8 Å². The van der Waals surface area contributed by atoms with Crippen LogP contribution in [0.4, 0.5) is 0 Å². The zero-order chi connectivity index (χ0) is 30.7. The number of hydrogen-bond acceptors (Lipinski definition) is 8. The molecule has 2 saturated heterocycles. The van der Waals surface area contributed by atoms with Crippen LogP contribution in [0, 0.1) is 5.92 Å². The Kier molecular flexibility index (Phi) is 9.12. The Balaban J connectivity index is 1.53. The normalized spacial score (nSPS) is 30.2. The number of nitrogens with zero attached hydrogens (tertiary/aromatic N) is 2. The average molecular weight is 592 g/mol. The fraction of sp³-hybridized carbons (Fsp3) is 0.531. The number of pyridine rings is 1. The first-order valence-corrected chi connectivity index (χ1v) is 15.2. The van der Waals surface area contributed by atoms with Gasteiger partial charge in [-0.05, 0) is 75.6 Å². The van der Waals surface area contributed by atoms with Crippen LogP contribution in [-0.2, 0) is 28.7 Å². The second-order valence-corrected chi connectivity index (χ2v) is 12.1. The molecule has 1 spiro atoms. The van der Waals surface area contributed by atoms with Crippen LogP contribution in [0.15, 0.2) is 36.4 Å². The van der Waals surface area contributed by atoms with E-state index >= 15 is 0 Å². The third-order valence-electron chi connectivity index (χ3n) is 8.33. The number of fused-ring (bicyclic) bond motifs is 4. The fourth-order valence-electron chi connectivity index (χ4n) is 5.72. The van der Waals surface area contributed by atoms with Gasteiger partial charge >= 0.3 is 5.97 Å². The fourth-order valence-corrected chi connectivity index (χ4v) is 5.72. The van der Waals surface area contributed by atoms with Gasteiger partial charge in [-0.2, -0.15) is 0 Å². The molecule has 3 N–H and O–H groups in total. The Morgan fingerprint density at radius 2 is 1.74 bits per heavy atom. The summed E-state index contributed by atoms with van der Waals surface area (Å²) < 4.78 is 11.9. The molecule has 1 aromatic carbocycles. The van der Waals surface area contributed by atoms with Gasteiger partial charge in [0.25, 0.3) is 11.8 Å². The quantitative estimate of drug-likeness (QED) is 0.431. The number of esters is 1. The van der Waals surface area contributed by atoms with Crippen LogP contribution in [0.1, 0.15) is 77.1 Å². The summed E-state index contributed by atoms with van der Waals surface area (Å²) in [6.45, 7) is 7.79. The summed E-state index contributed by atoms with van der Waals surface area (Å²) in [6.07, 6.45) is 5.57. The van der Waals surface area contributed by atoms with Crippen LogP contribution in [0.3, 0.4) is 0 Å². The predicted octanol–water partition coefficient (Wildman–Crippen LogP) is 2.95. The van der Waals surface area contributed by atoms with Gasteiger partial charge in [0.15, 0.2) is 11.7 Å². The van der Waals surface area contributed by atoms with Gasteiger partial charge in [0.1, 0.15) is 12.1 Å². The topological polar surface area (TPSA) is 139 Å². The monoisotopic (exact) mass is 591 g/mol. The van der Waals surface area contributed by atoms with Gasteiger partial charge in [0.2, 0.25) is 5.91 Å². The Morgan fingerprint density at radius 1 is 0.977 bits per heavy atom. The Labute approximate surface area is 251 Å². The number of aromatic nitrogens is 1. The number of ether oxygens (including phenoxy) is 2. The second-order valence-electron chi connectivity index (χ2n) is 12.1. The number of carbonyl (C=O) groups excluding carboxylic acids is 4. The lowest BCUT2D eigenvalue weighted by Gasteiger charge is -2.36. The van der Waals surface area contributed by atoms with Crippen molar-refractivity contribution >= 4 is 40.7 Å². The molecule has 3 amide bonds. The number of cyclic esters (lactones) is 1. The van der Waals surface area contributed by atoms with Gasteiger partial charge in [-0.25, -0.2) is 10.2 Å². The molecule has 2 aromatic rings. The van der Waals surface area contributed by atoms with Crippen LogP contribution in [0.2, 0.25) is 0 Å². The summed E-state index contributed by atoms with van der Waals surface area (Å²) >= 11 is 0. The molecule has 3 aliphatic rings. The van der Waals surface area contributed by atoms with Crippen LogP contribution in [0.5, 0.6) is 0 Å². The third-order valence-corrected chi connectivity index (χ3v) is 8.33. The van der Waals surface area contributed by atoms with Crippen LogP contribution in [0.25, 0.3) is 17.0 Å². The molecule has 2 fully saturated rings. The summed E-state index contributed by atoms with van der Waals surface area (Å²) in [7, 11) is 0. The highest BCUT2D eigenvalue weighted by Crippen LogP contribution is 2.31. The van der Waals surface area contributed by atoms with Crippen LogP contribution < -0.4 is 16.1 Å². The van der Waals surface area contributed by atoms with E-state index in [1.807, 2.05) is 43.3 Å². The highest BCUT2D eigenvalue weighted by molar-refractivity contribution is 5.92. The molecule has 5 bridgehead atoms. The van der Waals surface area contributed by atoms with Crippen molar-refractivity contribution in [3.63, 3.8) is 0 Å². The zero-order valence-electron chi connectivity index (χ0n) is 25.2. The molecule has 0 aliphatic carbocycles. The Hall–Kier alpha value is -3.83. The molecule has 43 heavy (non-hydrogen) atoms. The molecule has 11 nitrogen and oxygen atoms in total. The lowest BCUT2D eigenvalue weighted by molar-refractivity contribution is -0.181. The van der Waals surface area contributed by atoms with Crippen LogP contribution in [-0.4, -0.2) is 70.6 Å². The van der Waals surface area contributed by atoms with Gasteiger partial charge in [0, 0.05) is 18.5 Å². The van der Waals surface area contributed by atoms with Crippen molar-refractivity contribution < 1.29 is 28.7 Å². The molecule has 0 radical (unpaired) electrons.